The molecule has 0 heterocycles. The fraction of sp³-hybridized carbons (Fsp3) is 0.316. The fourth-order valence-electron chi connectivity index (χ4n) is 2.92. The van der Waals surface area contributed by atoms with Gasteiger partial charge in [0.05, 0.1) is 0 Å². The molecule has 0 aromatic heterocycles. The van der Waals surface area contributed by atoms with Gasteiger partial charge in [0, 0.05) is 11.5 Å². The Kier molecular flexibility index (Phi) is 5.59. The molecule has 2 rings (SSSR count). The molecule has 0 bridgehead atoms. The Labute approximate surface area is 131 Å². The minimum atomic E-state index is -1.27. The molecular formula is C19H22O3. The van der Waals surface area contributed by atoms with Gasteiger partial charge in [0.1, 0.15) is 5.75 Å². The van der Waals surface area contributed by atoms with Crippen molar-refractivity contribution >= 4 is 6.16 Å². The summed E-state index contributed by atoms with van der Waals surface area (Å²) in [5, 5.41) is 8.95. The molecule has 0 spiro atoms. The molecule has 22 heavy (non-hydrogen) atoms. The van der Waals surface area contributed by atoms with Crippen molar-refractivity contribution in [1.82, 2.24) is 0 Å². The van der Waals surface area contributed by atoms with E-state index in [4.69, 9.17) is 9.84 Å². The largest absolute Gasteiger partial charge is 0.511 e. The fourth-order valence-corrected chi connectivity index (χ4v) is 2.92. The second-order valence-corrected chi connectivity index (χ2v) is 5.30. The smallest absolute Gasteiger partial charge is 0.449 e. The maximum atomic E-state index is 10.9. The van der Waals surface area contributed by atoms with Crippen LogP contribution in [0.5, 0.6) is 5.75 Å². The second-order valence-electron chi connectivity index (χ2n) is 5.30. The van der Waals surface area contributed by atoms with Crippen molar-refractivity contribution in [1.29, 1.82) is 0 Å². The highest BCUT2D eigenvalue weighted by Gasteiger charge is 2.20. The lowest BCUT2D eigenvalue weighted by molar-refractivity contribution is 0.144. The summed E-state index contributed by atoms with van der Waals surface area (Å²) in [5.41, 5.74) is 3.49. The van der Waals surface area contributed by atoms with E-state index in [0.717, 1.165) is 24.8 Å². The Bertz CT molecular complexity index is 634. The number of para-hydroxylation sites is 1. The van der Waals surface area contributed by atoms with Gasteiger partial charge in [-0.2, -0.15) is 0 Å². The van der Waals surface area contributed by atoms with Crippen molar-refractivity contribution < 1.29 is 14.6 Å². The van der Waals surface area contributed by atoms with Crippen molar-refractivity contribution in [2.75, 3.05) is 0 Å². The number of hydrogen-bond acceptors (Lipinski definition) is 2. The van der Waals surface area contributed by atoms with Crippen LogP contribution in [0, 0.1) is 0 Å². The Morgan fingerprint density at radius 2 is 1.68 bits per heavy atom. The summed E-state index contributed by atoms with van der Waals surface area (Å²) in [6.07, 6.45) is 1.66. The summed E-state index contributed by atoms with van der Waals surface area (Å²) in [5.74, 6) is 0.580. The standard InChI is InChI=1S/C19H22O3/c1-3-9-16(15-11-6-5-10-14(15)4-2)17-12-7-8-13-18(17)22-19(20)21/h5-8,10-13,16H,3-4,9H2,1-2H3,(H,20,21). The molecular weight excluding hydrogens is 276 g/mol. The molecule has 0 saturated heterocycles. The molecule has 1 atom stereocenters. The molecule has 116 valence electrons. The maximum Gasteiger partial charge on any atom is 0.511 e. The van der Waals surface area contributed by atoms with E-state index in [-0.39, 0.29) is 5.92 Å². The summed E-state index contributed by atoms with van der Waals surface area (Å²) >= 11 is 0. The monoisotopic (exact) mass is 298 g/mol. The summed E-state index contributed by atoms with van der Waals surface area (Å²) in [6.45, 7) is 4.28. The molecule has 0 aliphatic rings. The van der Waals surface area contributed by atoms with Crippen LogP contribution in [-0.4, -0.2) is 11.3 Å². The minimum Gasteiger partial charge on any atom is -0.449 e. The van der Waals surface area contributed by atoms with Gasteiger partial charge in [0.2, 0.25) is 0 Å². The number of hydrogen-bond donors (Lipinski definition) is 1. The van der Waals surface area contributed by atoms with Crippen LogP contribution in [0.25, 0.3) is 0 Å². The van der Waals surface area contributed by atoms with Crippen LogP contribution >= 0.6 is 0 Å². The van der Waals surface area contributed by atoms with Crippen LogP contribution in [0.1, 0.15) is 49.3 Å². The average Bonchev–Trinajstić information content (AvgIpc) is 2.53. The number of carbonyl (C=O) groups is 1. The number of carboxylic acid groups (broad SMARTS) is 1. The SMILES string of the molecule is CCCC(c1ccccc1CC)c1ccccc1OC(=O)O. The van der Waals surface area contributed by atoms with Crippen LogP contribution in [-0.2, 0) is 6.42 Å². The molecule has 0 aliphatic carbocycles. The van der Waals surface area contributed by atoms with E-state index in [1.165, 1.54) is 11.1 Å². The normalized spacial score (nSPS) is 11.9. The van der Waals surface area contributed by atoms with Crippen LogP contribution in [0.2, 0.25) is 0 Å². The third-order valence-corrected chi connectivity index (χ3v) is 3.88. The van der Waals surface area contributed by atoms with Crippen LogP contribution in [0.15, 0.2) is 48.5 Å². The van der Waals surface area contributed by atoms with Gasteiger partial charge < -0.3 is 9.84 Å². The van der Waals surface area contributed by atoms with E-state index in [2.05, 4.69) is 26.0 Å². The van der Waals surface area contributed by atoms with E-state index < -0.39 is 6.16 Å². The van der Waals surface area contributed by atoms with Crippen LogP contribution < -0.4 is 4.74 Å². The zero-order valence-electron chi connectivity index (χ0n) is 13.1. The predicted molar refractivity (Wildman–Crippen MR) is 87.7 cm³/mol. The van der Waals surface area contributed by atoms with E-state index in [1.807, 2.05) is 24.3 Å². The van der Waals surface area contributed by atoms with Gasteiger partial charge >= 0.3 is 6.16 Å². The number of rotatable bonds is 6. The highest BCUT2D eigenvalue weighted by molar-refractivity contribution is 5.62. The first kappa shape index (κ1) is 16.1. The molecule has 2 aromatic carbocycles. The molecule has 3 nitrogen and oxygen atoms in total. The van der Waals surface area contributed by atoms with E-state index in [1.54, 1.807) is 12.1 Å². The first-order valence-electron chi connectivity index (χ1n) is 7.74. The van der Waals surface area contributed by atoms with Crippen LogP contribution in [0.4, 0.5) is 4.79 Å². The Balaban J connectivity index is 2.50. The molecule has 0 aliphatic heterocycles. The van der Waals surface area contributed by atoms with Crippen molar-refractivity contribution in [3.05, 3.63) is 65.2 Å². The minimum absolute atomic E-state index is 0.150. The third-order valence-electron chi connectivity index (χ3n) is 3.88. The Morgan fingerprint density at radius 1 is 1.05 bits per heavy atom. The quantitative estimate of drug-likeness (QED) is 0.586. The van der Waals surface area contributed by atoms with Gasteiger partial charge in [-0.25, -0.2) is 4.79 Å². The van der Waals surface area contributed by atoms with Crippen molar-refractivity contribution in [3.8, 4) is 5.75 Å². The average molecular weight is 298 g/mol. The lowest BCUT2D eigenvalue weighted by atomic mass is 9.84. The first-order chi connectivity index (χ1) is 10.7. The Morgan fingerprint density at radius 3 is 2.32 bits per heavy atom. The number of ether oxygens (including phenoxy) is 1. The second kappa shape index (κ2) is 7.64. The van der Waals surface area contributed by atoms with Crippen molar-refractivity contribution in [2.24, 2.45) is 0 Å². The Hall–Kier alpha value is -2.29. The lowest BCUT2D eigenvalue weighted by Gasteiger charge is -2.22. The third kappa shape index (κ3) is 3.67. The summed E-state index contributed by atoms with van der Waals surface area (Å²) in [7, 11) is 0. The molecule has 0 fully saturated rings. The maximum absolute atomic E-state index is 10.9. The molecule has 2 aromatic rings. The van der Waals surface area contributed by atoms with E-state index >= 15 is 0 Å². The highest BCUT2D eigenvalue weighted by Crippen LogP contribution is 2.37. The first-order valence-corrected chi connectivity index (χ1v) is 7.74. The summed E-state index contributed by atoms with van der Waals surface area (Å²) in [4.78, 5) is 10.9. The van der Waals surface area contributed by atoms with Gasteiger partial charge in [-0.05, 0) is 30.0 Å². The predicted octanol–water partition coefficient (Wildman–Crippen LogP) is 5.24. The topological polar surface area (TPSA) is 46.5 Å². The zero-order valence-corrected chi connectivity index (χ0v) is 13.1. The van der Waals surface area contributed by atoms with E-state index in [9.17, 15) is 4.79 Å². The molecule has 1 unspecified atom stereocenters. The van der Waals surface area contributed by atoms with Crippen molar-refractivity contribution in [3.63, 3.8) is 0 Å². The highest BCUT2D eigenvalue weighted by atomic mass is 16.7. The molecule has 3 heteroatoms. The van der Waals surface area contributed by atoms with Gasteiger partial charge in [-0.3, -0.25) is 0 Å². The number of benzene rings is 2. The summed E-state index contributed by atoms with van der Waals surface area (Å²) < 4.78 is 4.98. The van der Waals surface area contributed by atoms with E-state index in [0.29, 0.717) is 5.75 Å². The van der Waals surface area contributed by atoms with Crippen molar-refractivity contribution in [2.45, 2.75) is 39.0 Å². The molecule has 0 saturated carbocycles. The van der Waals surface area contributed by atoms with Gasteiger partial charge in [0.15, 0.2) is 0 Å². The molecule has 0 amide bonds. The number of aryl methyl sites for hydroxylation is 1. The van der Waals surface area contributed by atoms with Gasteiger partial charge in [0.25, 0.3) is 0 Å². The zero-order chi connectivity index (χ0) is 15.9. The summed E-state index contributed by atoms with van der Waals surface area (Å²) in [6, 6.07) is 15.8. The van der Waals surface area contributed by atoms with Gasteiger partial charge in [-0.1, -0.05) is 62.7 Å². The molecule has 0 radical (unpaired) electrons. The van der Waals surface area contributed by atoms with Gasteiger partial charge in [-0.15, -0.1) is 0 Å². The van der Waals surface area contributed by atoms with Crippen LogP contribution in [0.3, 0.4) is 0 Å². The lowest BCUT2D eigenvalue weighted by Crippen LogP contribution is -2.10. The molecule has 1 N–H and O–H groups in total.